The van der Waals surface area contributed by atoms with Crippen LogP contribution < -0.4 is 0 Å². The van der Waals surface area contributed by atoms with Gasteiger partial charge in [0.1, 0.15) is 6.04 Å². The van der Waals surface area contributed by atoms with Crippen molar-refractivity contribution in [2.45, 2.75) is 25.4 Å². The van der Waals surface area contributed by atoms with Crippen LogP contribution in [-0.4, -0.2) is 62.3 Å². The van der Waals surface area contributed by atoms with Gasteiger partial charge in [-0.25, -0.2) is 4.79 Å². The normalized spacial score (nSPS) is 21.1. The van der Waals surface area contributed by atoms with Crippen LogP contribution in [0.4, 0.5) is 0 Å². The lowest BCUT2D eigenvalue weighted by molar-refractivity contribution is -0.148. The minimum atomic E-state index is -1.04. The standard InChI is InChI=1S/C16H16N2O5S/c1-9(6-13(19)17-8-24-7-12(17)16(22)23)18-14(20)10-4-2-3-5-11(10)15(18)21/h2-5,9,12H,6-8H2,1H3,(H,22,23)/t9?,12-/m0/s1. The number of fused-ring (bicyclic) bond motifs is 1. The van der Waals surface area contributed by atoms with Gasteiger partial charge in [0.05, 0.1) is 17.0 Å². The second-order valence-corrected chi connectivity index (χ2v) is 6.80. The molecule has 1 aromatic carbocycles. The Hall–Kier alpha value is -2.35. The lowest BCUT2D eigenvalue weighted by atomic mass is 10.1. The third-order valence-corrected chi connectivity index (χ3v) is 5.24. The van der Waals surface area contributed by atoms with E-state index in [9.17, 15) is 19.2 Å². The molecule has 0 bridgehead atoms. The largest absolute Gasteiger partial charge is 0.480 e. The van der Waals surface area contributed by atoms with Crippen LogP contribution in [0.1, 0.15) is 34.1 Å². The lowest BCUT2D eigenvalue weighted by Crippen LogP contribution is -2.46. The maximum Gasteiger partial charge on any atom is 0.327 e. The van der Waals surface area contributed by atoms with E-state index < -0.39 is 29.9 Å². The molecule has 24 heavy (non-hydrogen) atoms. The van der Waals surface area contributed by atoms with Gasteiger partial charge in [-0.05, 0) is 19.1 Å². The van der Waals surface area contributed by atoms with Gasteiger partial charge < -0.3 is 10.0 Å². The predicted molar refractivity (Wildman–Crippen MR) is 86.6 cm³/mol. The Morgan fingerprint density at radius 1 is 1.25 bits per heavy atom. The van der Waals surface area contributed by atoms with Gasteiger partial charge in [0.25, 0.3) is 11.8 Å². The van der Waals surface area contributed by atoms with Gasteiger partial charge in [-0.1, -0.05) is 12.1 Å². The van der Waals surface area contributed by atoms with E-state index in [1.54, 1.807) is 31.2 Å². The molecule has 1 unspecified atom stereocenters. The second kappa shape index (κ2) is 6.27. The summed E-state index contributed by atoms with van der Waals surface area (Å²) in [5.41, 5.74) is 0.670. The average Bonchev–Trinajstić information content (AvgIpc) is 3.12. The first-order valence-corrected chi connectivity index (χ1v) is 8.64. The molecule has 1 fully saturated rings. The second-order valence-electron chi connectivity index (χ2n) is 5.80. The smallest absolute Gasteiger partial charge is 0.327 e. The molecule has 2 aliphatic rings. The number of amides is 3. The van der Waals surface area contributed by atoms with Crippen molar-refractivity contribution < 1.29 is 24.3 Å². The number of imide groups is 1. The number of nitrogens with zero attached hydrogens (tertiary/aromatic N) is 2. The van der Waals surface area contributed by atoms with E-state index in [1.165, 1.54) is 16.7 Å². The van der Waals surface area contributed by atoms with Gasteiger partial charge in [0.2, 0.25) is 5.91 Å². The summed E-state index contributed by atoms with van der Waals surface area (Å²) in [6.07, 6.45) is -0.0875. The average molecular weight is 348 g/mol. The zero-order chi connectivity index (χ0) is 17.4. The summed E-state index contributed by atoms with van der Waals surface area (Å²) in [5.74, 6) is -1.58. The molecule has 8 heteroatoms. The Bertz CT molecular complexity index is 700. The molecule has 0 saturated carbocycles. The fraction of sp³-hybridized carbons (Fsp3) is 0.375. The monoisotopic (exact) mass is 348 g/mol. The van der Waals surface area contributed by atoms with Crippen molar-refractivity contribution in [3.05, 3.63) is 35.4 Å². The topological polar surface area (TPSA) is 95.0 Å². The van der Waals surface area contributed by atoms with Gasteiger partial charge in [-0.3, -0.25) is 19.3 Å². The highest BCUT2D eigenvalue weighted by molar-refractivity contribution is 7.99. The highest BCUT2D eigenvalue weighted by Crippen LogP contribution is 2.27. The Morgan fingerprint density at radius 3 is 2.38 bits per heavy atom. The molecule has 2 heterocycles. The zero-order valence-electron chi connectivity index (χ0n) is 13.0. The minimum Gasteiger partial charge on any atom is -0.480 e. The SMILES string of the molecule is CC(CC(=O)N1CSC[C@H]1C(=O)O)N1C(=O)c2ccccc2C1=O. The van der Waals surface area contributed by atoms with Crippen molar-refractivity contribution in [1.29, 1.82) is 0 Å². The molecule has 1 aromatic rings. The van der Waals surface area contributed by atoms with E-state index in [2.05, 4.69) is 0 Å². The van der Waals surface area contributed by atoms with Crippen LogP contribution in [0.5, 0.6) is 0 Å². The van der Waals surface area contributed by atoms with Crippen LogP contribution in [-0.2, 0) is 9.59 Å². The van der Waals surface area contributed by atoms with Crippen LogP contribution in [0.3, 0.4) is 0 Å². The van der Waals surface area contributed by atoms with Gasteiger partial charge in [-0.2, -0.15) is 0 Å². The van der Waals surface area contributed by atoms with E-state index in [0.717, 1.165) is 4.90 Å². The molecule has 0 aromatic heterocycles. The Balaban J connectivity index is 1.73. The third kappa shape index (κ3) is 2.66. The highest BCUT2D eigenvalue weighted by Gasteiger charge is 2.40. The van der Waals surface area contributed by atoms with Gasteiger partial charge >= 0.3 is 5.97 Å². The van der Waals surface area contributed by atoms with Gasteiger partial charge in [0.15, 0.2) is 0 Å². The molecular formula is C16H16N2O5S. The molecule has 0 radical (unpaired) electrons. The maximum atomic E-state index is 12.4. The summed E-state index contributed by atoms with van der Waals surface area (Å²) in [6, 6.07) is 5.05. The molecule has 2 atom stereocenters. The molecule has 3 amide bonds. The van der Waals surface area contributed by atoms with E-state index >= 15 is 0 Å². The van der Waals surface area contributed by atoms with Gasteiger partial charge in [-0.15, -0.1) is 11.8 Å². The Kier molecular flexibility index (Phi) is 4.31. The number of thioether (sulfide) groups is 1. The van der Waals surface area contributed by atoms with Crippen LogP contribution >= 0.6 is 11.8 Å². The number of carboxylic acid groups (broad SMARTS) is 1. The van der Waals surface area contributed by atoms with E-state index in [0.29, 0.717) is 22.8 Å². The predicted octanol–water partition coefficient (Wildman–Crippen LogP) is 1.05. The molecule has 0 spiro atoms. The summed E-state index contributed by atoms with van der Waals surface area (Å²) in [4.78, 5) is 50.8. The minimum absolute atomic E-state index is 0.0875. The summed E-state index contributed by atoms with van der Waals surface area (Å²) in [6.45, 7) is 1.62. The summed E-state index contributed by atoms with van der Waals surface area (Å²) >= 11 is 1.37. The van der Waals surface area contributed by atoms with E-state index in [4.69, 9.17) is 5.11 Å². The number of carbonyl (C=O) groups is 4. The van der Waals surface area contributed by atoms with Crippen LogP contribution in [0, 0.1) is 0 Å². The molecule has 2 aliphatic heterocycles. The first kappa shape index (κ1) is 16.5. The number of carboxylic acids is 1. The number of hydrogen-bond acceptors (Lipinski definition) is 5. The Morgan fingerprint density at radius 2 is 1.83 bits per heavy atom. The van der Waals surface area contributed by atoms with Crippen LogP contribution in [0.2, 0.25) is 0 Å². The van der Waals surface area contributed by atoms with Crippen molar-refractivity contribution in [3.8, 4) is 0 Å². The third-order valence-electron chi connectivity index (χ3n) is 4.22. The molecule has 3 rings (SSSR count). The zero-order valence-corrected chi connectivity index (χ0v) is 13.8. The van der Waals surface area contributed by atoms with E-state index in [-0.39, 0.29) is 12.3 Å². The quantitative estimate of drug-likeness (QED) is 0.817. The fourth-order valence-electron chi connectivity index (χ4n) is 2.96. The van der Waals surface area contributed by atoms with Crippen molar-refractivity contribution >= 4 is 35.5 Å². The van der Waals surface area contributed by atoms with Crippen molar-refractivity contribution in [2.24, 2.45) is 0 Å². The lowest BCUT2D eigenvalue weighted by Gasteiger charge is -2.26. The molecule has 126 valence electrons. The molecule has 1 saturated heterocycles. The van der Waals surface area contributed by atoms with E-state index in [1.807, 2.05) is 0 Å². The highest BCUT2D eigenvalue weighted by atomic mass is 32.2. The Labute approximate surface area is 142 Å². The number of benzene rings is 1. The fourth-order valence-corrected chi connectivity index (χ4v) is 4.13. The molecule has 0 aliphatic carbocycles. The van der Waals surface area contributed by atoms with Crippen molar-refractivity contribution in [2.75, 3.05) is 11.6 Å². The number of carbonyl (C=O) groups excluding carboxylic acids is 3. The molecular weight excluding hydrogens is 332 g/mol. The summed E-state index contributed by atoms with van der Waals surface area (Å²) < 4.78 is 0. The van der Waals surface area contributed by atoms with Gasteiger partial charge in [0, 0.05) is 18.2 Å². The maximum absolute atomic E-state index is 12.4. The number of rotatable bonds is 4. The molecule has 7 nitrogen and oxygen atoms in total. The van der Waals surface area contributed by atoms with Crippen LogP contribution in [0.25, 0.3) is 0 Å². The number of aliphatic carboxylic acids is 1. The summed E-state index contributed by atoms with van der Waals surface area (Å²) in [5, 5.41) is 9.15. The first-order valence-electron chi connectivity index (χ1n) is 7.48. The molecule has 1 N–H and O–H groups in total. The van der Waals surface area contributed by atoms with Crippen molar-refractivity contribution in [1.82, 2.24) is 9.80 Å². The summed E-state index contributed by atoms with van der Waals surface area (Å²) in [7, 11) is 0. The first-order chi connectivity index (χ1) is 11.4. The number of hydrogen-bond donors (Lipinski definition) is 1. The van der Waals surface area contributed by atoms with Crippen LogP contribution in [0.15, 0.2) is 24.3 Å². The van der Waals surface area contributed by atoms with Crippen molar-refractivity contribution in [3.63, 3.8) is 0 Å².